The molecule has 0 aromatic heterocycles. The molecule has 0 bridgehead atoms. The Kier molecular flexibility index (Phi) is 2.92. The molecule has 0 saturated carbocycles. The maximum atomic E-state index is 10.4. The Balaban J connectivity index is 3.08. The third-order valence-corrected chi connectivity index (χ3v) is 1.77. The van der Waals surface area contributed by atoms with E-state index in [0.29, 0.717) is 5.56 Å². The van der Waals surface area contributed by atoms with E-state index in [2.05, 4.69) is 0 Å². The van der Waals surface area contributed by atoms with Crippen molar-refractivity contribution < 1.29 is 15.0 Å². The molecule has 0 atom stereocenters. The van der Waals surface area contributed by atoms with Gasteiger partial charge in [-0.05, 0) is 25.5 Å². The first kappa shape index (κ1) is 10.3. The van der Waals surface area contributed by atoms with Crippen LogP contribution < -0.4 is 0 Å². The maximum Gasteiger partial charge on any atom is 0.370 e. The molecule has 1 aromatic rings. The van der Waals surface area contributed by atoms with Gasteiger partial charge in [0.05, 0.1) is 0 Å². The van der Waals surface area contributed by atoms with Crippen LogP contribution in [0.3, 0.4) is 0 Å². The van der Waals surface area contributed by atoms with Gasteiger partial charge in [0.15, 0.2) is 0 Å². The minimum Gasteiger partial charge on any atom is -0.502 e. The van der Waals surface area contributed by atoms with Gasteiger partial charge in [-0.25, -0.2) is 4.79 Å². The molecule has 2 N–H and O–H groups in total. The van der Waals surface area contributed by atoms with Crippen LogP contribution in [-0.4, -0.2) is 16.2 Å². The van der Waals surface area contributed by atoms with E-state index in [0.717, 1.165) is 11.1 Å². The Hall–Kier alpha value is -1.77. The number of benzene rings is 1. The Morgan fingerprint density at radius 1 is 1.14 bits per heavy atom. The molecule has 1 rings (SSSR count). The number of hydrogen-bond donors (Lipinski definition) is 2. The fraction of sp³-hybridized carbons (Fsp3) is 0.182. The summed E-state index contributed by atoms with van der Waals surface area (Å²) in [6.07, 6.45) is 1.24. The Morgan fingerprint density at radius 3 is 2.07 bits per heavy atom. The zero-order chi connectivity index (χ0) is 10.7. The molecule has 0 saturated heterocycles. The number of carboxylic acid groups (broad SMARTS) is 1. The minimum absolute atomic E-state index is 0.644. The molecule has 0 radical (unpaired) electrons. The van der Waals surface area contributed by atoms with Gasteiger partial charge >= 0.3 is 5.97 Å². The fourth-order valence-electron chi connectivity index (χ4n) is 1.31. The van der Waals surface area contributed by atoms with Crippen LogP contribution in [0.1, 0.15) is 16.7 Å². The highest BCUT2D eigenvalue weighted by atomic mass is 16.4. The number of aryl methyl sites for hydroxylation is 2. The molecule has 0 aliphatic rings. The highest BCUT2D eigenvalue weighted by Crippen LogP contribution is 2.11. The molecule has 0 amide bonds. The first-order valence-corrected chi connectivity index (χ1v) is 4.21. The van der Waals surface area contributed by atoms with Crippen molar-refractivity contribution in [2.45, 2.75) is 13.8 Å². The average Bonchev–Trinajstić information content (AvgIpc) is 2.01. The number of hydrogen-bond acceptors (Lipinski definition) is 2. The minimum atomic E-state index is -1.32. The van der Waals surface area contributed by atoms with Crippen LogP contribution in [0.2, 0.25) is 0 Å². The van der Waals surface area contributed by atoms with Crippen molar-refractivity contribution in [3.05, 3.63) is 40.6 Å². The van der Waals surface area contributed by atoms with Gasteiger partial charge in [0.2, 0.25) is 5.76 Å². The number of aliphatic hydroxyl groups excluding tert-OH is 1. The average molecular weight is 192 g/mol. The quantitative estimate of drug-likeness (QED) is 0.558. The second kappa shape index (κ2) is 3.96. The molecule has 3 nitrogen and oxygen atoms in total. The molecule has 0 aliphatic heterocycles. The molecule has 0 heterocycles. The summed E-state index contributed by atoms with van der Waals surface area (Å²) < 4.78 is 0. The van der Waals surface area contributed by atoms with E-state index in [1.165, 1.54) is 6.08 Å². The van der Waals surface area contributed by atoms with E-state index < -0.39 is 11.7 Å². The third-order valence-electron chi connectivity index (χ3n) is 1.77. The zero-order valence-electron chi connectivity index (χ0n) is 8.11. The smallest absolute Gasteiger partial charge is 0.370 e. The van der Waals surface area contributed by atoms with Crippen molar-refractivity contribution in [3.63, 3.8) is 0 Å². The summed E-state index contributed by atoms with van der Waals surface area (Å²) in [6.45, 7) is 3.84. The molecule has 3 heteroatoms. The molecule has 14 heavy (non-hydrogen) atoms. The number of aliphatic carboxylic acids is 1. The summed E-state index contributed by atoms with van der Waals surface area (Å²) in [5.41, 5.74) is 2.77. The Labute approximate surface area is 82.3 Å². The lowest BCUT2D eigenvalue weighted by Gasteiger charge is -2.00. The van der Waals surface area contributed by atoms with Crippen LogP contribution in [0.5, 0.6) is 0 Å². The summed E-state index contributed by atoms with van der Waals surface area (Å²) in [5, 5.41) is 17.5. The highest BCUT2D eigenvalue weighted by molar-refractivity contribution is 5.89. The van der Waals surface area contributed by atoms with E-state index >= 15 is 0 Å². The summed E-state index contributed by atoms with van der Waals surface area (Å²) in [5.74, 6) is -1.96. The van der Waals surface area contributed by atoms with Crippen molar-refractivity contribution in [1.82, 2.24) is 0 Å². The molecule has 0 aliphatic carbocycles. The van der Waals surface area contributed by atoms with Crippen LogP contribution in [0, 0.1) is 13.8 Å². The van der Waals surface area contributed by atoms with Gasteiger partial charge in [-0.3, -0.25) is 0 Å². The van der Waals surface area contributed by atoms with Gasteiger partial charge in [0.1, 0.15) is 0 Å². The summed E-state index contributed by atoms with van der Waals surface area (Å²) in [6, 6.07) is 5.60. The van der Waals surface area contributed by atoms with Gasteiger partial charge in [0.25, 0.3) is 0 Å². The second-order valence-electron chi connectivity index (χ2n) is 3.26. The molecular formula is C11H12O3. The van der Waals surface area contributed by atoms with E-state index in [1.54, 1.807) is 0 Å². The number of carboxylic acids is 1. The molecule has 0 spiro atoms. The van der Waals surface area contributed by atoms with Crippen LogP contribution in [0.15, 0.2) is 24.0 Å². The number of rotatable bonds is 2. The predicted molar refractivity (Wildman–Crippen MR) is 54.2 cm³/mol. The Bertz CT molecular complexity index is 371. The maximum absolute atomic E-state index is 10.4. The Morgan fingerprint density at radius 2 is 1.64 bits per heavy atom. The van der Waals surface area contributed by atoms with Crippen LogP contribution in [0.25, 0.3) is 6.08 Å². The van der Waals surface area contributed by atoms with E-state index in [1.807, 2.05) is 32.0 Å². The fourth-order valence-corrected chi connectivity index (χ4v) is 1.31. The molecule has 0 unspecified atom stereocenters. The lowest BCUT2D eigenvalue weighted by Crippen LogP contribution is -1.98. The second-order valence-corrected chi connectivity index (χ2v) is 3.26. The monoisotopic (exact) mass is 192 g/mol. The lowest BCUT2D eigenvalue weighted by molar-refractivity contribution is -0.135. The van der Waals surface area contributed by atoms with Gasteiger partial charge < -0.3 is 10.2 Å². The molecule has 74 valence electrons. The third kappa shape index (κ3) is 2.62. The van der Waals surface area contributed by atoms with Gasteiger partial charge in [-0.2, -0.15) is 0 Å². The summed E-state index contributed by atoms with van der Waals surface area (Å²) in [7, 11) is 0. The first-order chi connectivity index (χ1) is 6.49. The van der Waals surface area contributed by atoms with Crippen molar-refractivity contribution in [3.8, 4) is 0 Å². The highest BCUT2D eigenvalue weighted by Gasteiger charge is 2.03. The SMILES string of the molecule is Cc1cc(C)cc(/C=C(\O)C(=O)O)c1. The van der Waals surface area contributed by atoms with Gasteiger partial charge in [0, 0.05) is 0 Å². The van der Waals surface area contributed by atoms with E-state index in [-0.39, 0.29) is 0 Å². The van der Waals surface area contributed by atoms with Gasteiger partial charge in [-0.15, -0.1) is 0 Å². The van der Waals surface area contributed by atoms with E-state index in [9.17, 15) is 4.79 Å². The molecule has 1 aromatic carbocycles. The molecular weight excluding hydrogens is 180 g/mol. The van der Waals surface area contributed by atoms with Crippen LogP contribution >= 0.6 is 0 Å². The largest absolute Gasteiger partial charge is 0.502 e. The van der Waals surface area contributed by atoms with Crippen molar-refractivity contribution >= 4 is 12.0 Å². The predicted octanol–water partition coefficient (Wildman–Crippen LogP) is 2.29. The van der Waals surface area contributed by atoms with Crippen molar-refractivity contribution in [2.75, 3.05) is 0 Å². The number of aliphatic hydroxyl groups is 1. The van der Waals surface area contributed by atoms with Crippen molar-refractivity contribution in [2.24, 2.45) is 0 Å². The standard InChI is InChI=1S/C11H12O3/c1-7-3-8(2)5-9(4-7)6-10(12)11(13)14/h3-6,12H,1-2H3,(H,13,14)/b10-6-. The van der Waals surface area contributed by atoms with Crippen LogP contribution in [0.4, 0.5) is 0 Å². The van der Waals surface area contributed by atoms with Gasteiger partial charge in [-0.1, -0.05) is 29.3 Å². The zero-order valence-corrected chi connectivity index (χ0v) is 8.11. The molecule has 0 fully saturated rings. The topological polar surface area (TPSA) is 57.5 Å². The van der Waals surface area contributed by atoms with Crippen molar-refractivity contribution in [1.29, 1.82) is 0 Å². The lowest BCUT2D eigenvalue weighted by atomic mass is 10.1. The van der Waals surface area contributed by atoms with Crippen LogP contribution in [-0.2, 0) is 4.79 Å². The summed E-state index contributed by atoms with van der Waals surface area (Å²) in [4.78, 5) is 10.4. The van der Waals surface area contributed by atoms with E-state index in [4.69, 9.17) is 10.2 Å². The summed E-state index contributed by atoms with van der Waals surface area (Å²) >= 11 is 0. The number of carbonyl (C=O) groups is 1. The first-order valence-electron chi connectivity index (χ1n) is 4.21. The normalized spacial score (nSPS) is 11.4.